The topological polar surface area (TPSA) is 54.0 Å². The fraction of sp³-hybridized carbons (Fsp3) is 0.0769. The summed E-state index contributed by atoms with van der Waals surface area (Å²) in [6, 6.07) is 10.1. The van der Waals surface area contributed by atoms with Gasteiger partial charge in [0, 0.05) is 10.7 Å². The van der Waals surface area contributed by atoms with E-state index in [9.17, 15) is 4.79 Å². The predicted molar refractivity (Wildman–Crippen MR) is 80.8 cm³/mol. The number of nitrogens with zero attached hydrogens (tertiary/aromatic N) is 1. The van der Waals surface area contributed by atoms with E-state index in [0.717, 1.165) is 10.3 Å². The van der Waals surface area contributed by atoms with Crippen molar-refractivity contribution in [1.29, 1.82) is 0 Å². The van der Waals surface area contributed by atoms with Crippen LogP contribution in [0.4, 0.5) is 16.2 Å². The Balaban J connectivity index is 2.03. The maximum absolute atomic E-state index is 11.8. The van der Waals surface area contributed by atoms with Crippen molar-refractivity contribution in [1.82, 2.24) is 4.98 Å². The van der Waals surface area contributed by atoms with Crippen molar-refractivity contribution in [2.45, 2.75) is 6.92 Å². The zero-order valence-corrected chi connectivity index (χ0v) is 12.4. The van der Waals surface area contributed by atoms with Gasteiger partial charge >= 0.3 is 6.03 Å². The highest BCUT2D eigenvalue weighted by molar-refractivity contribution is 9.10. The Kier molecular flexibility index (Phi) is 4.39. The molecule has 1 aromatic carbocycles. The molecule has 0 fully saturated rings. The molecule has 0 unspecified atom stereocenters. The van der Waals surface area contributed by atoms with Crippen LogP contribution >= 0.6 is 27.5 Å². The molecule has 0 spiro atoms. The van der Waals surface area contributed by atoms with Gasteiger partial charge in [-0.3, -0.25) is 0 Å². The minimum Gasteiger partial charge on any atom is -0.308 e. The number of urea groups is 1. The molecule has 4 nitrogen and oxygen atoms in total. The molecular weight excluding hydrogens is 330 g/mol. The smallest absolute Gasteiger partial charge is 0.308 e. The maximum Gasteiger partial charge on any atom is 0.323 e. The molecule has 0 aliphatic heterocycles. The Hall–Kier alpha value is -1.59. The lowest BCUT2D eigenvalue weighted by Gasteiger charge is -2.09. The Morgan fingerprint density at radius 2 is 1.84 bits per heavy atom. The third kappa shape index (κ3) is 3.94. The van der Waals surface area contributed by atoms with E-state index in [1.54, 1.807) is 36.4 Å². The summed E-state index contributed by atoms with van der Waals surface area (Å²) in [5, 5.41) is 6.07. The number of amides is 2. The molecule has 1 heterocycles. The molecule has 0 atom stereocenters. The molecule has 2 amide bonds. The van der Waals surface area contributed by atoms with Crippen LogP contribution in [0, 0.1) is 6.92 Å². The highest BCUT2D eigenvalue weighted by Crippen LogP contribution is 2.17. The average Bonchev–Trinajstić information content (AvgIpc) is 2.36. The van der Waals surface area contributed by atoms with Crippen LogP contribution in [0.3, 0.4) is 0 Å². The van der Waals surface area contributed by atoms with Crippen LogP contribution < -0.4 is 10.6 Å². The van der Waals surface area contributed by atoms with E-state index in [4.69, 9.17) is 11.6 Å². The number of halogens is 2. The summed E-state index contributed by atoms with van der Waals surface area (Å²) in [7, 11) is 0. The molecule has 0 aliphatic rings. The first kappa shape index (κ1) is 13.8. The highest BCUT2D eigenvalue weighted by Gasteiger charge is 2.06. The van der Waals surface area contributed by atoms with Crippen molar-refractivity contribution < 1.29 is 4.79 Å². The van der Waals surface area contributed by atoms with Gasteiger partial charge in [0.2, 0.25) is 0 Å². The van der Waals surface area contributed by atoms with Gasteiger partial charge in [-0.15, -0.1) is 0 Å². The first-order valence-corrected chi connectivity index (χ1v) is 6.68. The molecule has 2 rings (SSSR count). The van der Waals surface area contributed by atoms with Crippen molar-refractivity contribution in [3.05, 3.63) is 51.7 Å². The largest absolute Gasteiger partial charge is 0.323 e. The molecule has 98 valence electrons. The molecule has 0 saturated carbocycles. The molecule has 2 aromatic rings. The summed E-state index contributed by atoms with van der Waals surface area (Å²) in [6.45, 7) is 1.82. The quantitative estimate of drug-likeness (QED) is 0.794. The van der Waals surface area contributed by atoms with Crippen LogP contribution in [-0.2, 0) is 0 Å². The molecule has 2 N–H and O–H groups in total. The van der Waals surface area contributed by atoms with Crippen molar-refractivity contribution in [2.75, 3.05) is 10.6 Å². The van der Waals surface area contributed by atoms with Crippen LogP contribution in [0.25, 0.3) is 0 Å². The van der Waals surface area contributed by atoms with Crippen LogP contribution in [0.5, 0.6) is 0 Å². The van der Waals surface area contributed by atoms with Crippen LogP contribution in [0.15, 0.2) is 41.0 Å². The van der Waals surface area contributed by atoms with Crippen molar-refractivity contribution in [2.24, 2.45) is 0 Å². The first-order valence-electron chi connectivity index (χ1n) is 5.51. The van der Waals surface area contributed by atoms with Crippen LogP contribution in [0.2, 0.25) is 5.02 Å². The van der Waals surface area contributed by atoms with Crippen molar-refractivity contribution >= 4 is 44.9 Å². The van der Waals surface area contributed by atoms with E-state index >= 15 is 0 Å². The summed E-state index contributed by atoms with van der Waals surface area (Å²) in [5.41, 5.74) is 2.07. The standard InChI is InChI=1S/C13H11BrClN3O/c1-8-11(6-7-12(14)16-8)18-13(19)17-10-4-2-9(15)3-5-10/h2-7H,1H3,(H2,17,18,19). The second-order valence-electron chi connectivity index (χ2n) is 3.85. The molecule has 0 bridgehead atoms. The van der Waals surface area contributed by atoms with Gasteiger partial charge in [-0.1, -0.05) is 11.6 Å². The number of hydrogen-bond acceptors (Lipinski definition) is 2. The van der Waals surface area contributed by atoms with E-state index in [0.29, 0.717) is 16.4 Å². The summed E-state index contributed by atoms with van der Waals surface area (Å²) in [6.07, 6.45) is 0. The zero-order valence-electron chi connectivity index (χ0n) is 10.1. The molecule has 1 aromatic heterocycles. The second kappa shape index (κ2) is 6.04. The van der Waals surface area contributed by atoms with Gasteiger partial charge in [0.1, 0.15) is 4.60 Å². The monoisotopic (exact) mass is 339 g/mol. The van der Waals surface area contributed by atoms with E-state index in [-0.39, 0.29) is 6.03 Å². The van der Waals surface area contributed by atoms with E-state index < -0.39 is 0 Å². The lowest BCUT2D eigenvalue weighted by atomic mass is 10.3. The Morgan fingerprint density at radius 1 is 1.16 bits per heavy atom. The van der Waals surface area contributed by atoms with E-state index in [1.165, 1.54) is 0 Å². The zero-order chi connectivity index (χ0) is 13.8. The third-order valence-corrected chi connectivity index (χ3v) is 3.10. The van der Waals surface area contributed by atoms with Crippen molar-refractivity contribution in [3.8, 4) is 0 Å². The number of benzene rings is 1. The fourth-order valence-electron chi connectivity index (χ4n) is 1.48. The Bertz CT molecular complexity index is 601. The molecule has 0 radical (unpaired) electrons. The fourth-order valence-corrected chi connectivity index (χ4v) is 2.00. The minimum absolute atomic E-state index is 0.324. The predicted octanol–water partition coefficient (Wildman–Crippen LogP) is 4.45. The highest BCUT2D eigenvalue weighted by atomic mass is 79.9. The van der Waals surface area contributed by atoms with Gasteiger partial charge in [0.15, 0.2) is 0 Å². The third-order valence-electron chi connectivity index (χ3n) is 2.40. The number of rotatable bonds is 2. The SMILES string of the molecule is Cc1nc(Br)ccc1NC(=O)Nc1ccc(Cl)cc1. The van der Waals surface area contributed by atoms with E-state index in [2.05, 4.69) is 31.5 Å². The first-order chi connectivity index (χ1) is 9.04. The van der Waals surface area contributed by atoms with Gasteiger partial charge in [0.05, 0.1) is 11.4 Å². The number of aryl methyl sites for hydroxylation is 1. The summed E-state index contributed by atoms with van der Waals surface area (Å²) in [5.74, 6) is 0. The lowest BCUT2D eigenvalue weighted by molar-refractivity contribution is 0.262. The molecular formula is C13H11BrClN3O. The van der Waals surface area contributed by atoms with Crippen molar-refractivity contribution in [3.63, 3.8) is 0 Å². The maximum atomic E-state index is 11.8. The Morgan fingerprint density at radius 3 is 2.47 bits per heavy atom. The summed E-state index contributed by atoms with van der Waals surface area (Å²) in [4.78, 5) is 16.0. The minimum atomic E-state index is -0.324. The number of aromatic nitrogens is 1. The van der Waals surface area contributed by atoms with Gasteiger partial charge in [-0.2, -0.15) is 0 Å². The van der Waals surface area contributed by atoms with Gasteiger partial charge < -0.3 is 10.6 Å². The Labute approximate surface area is 124 Å². The van der Waals surface area contributed by atoms with Crippen LogP contribution in [0.1, 0.15) is 5.69 Å². The van der Waals surface area contributed by atoms with Gasteiger partial charge in [0.25, 0.3) is 0 Å². The second-order valence-corrected chi connectivity index (χ2v) is 5.10. The number of nitrogens with one attached hydrogen (secondary N) is 2. The van der Waals surface area contributed by atoms with Gasteiger partial charge in [-0.05, 0) is 59.3 Å². The number of carbonyl (C=O) groups excluding carboxylic acids is 1. The molecule has 0 saturated heterocycles. The number of anilines is 2. The normalized spacial score (nSPS) is 10.1. The molecule has 6 heteroatoms. The number of pyridine rings is 1. The number of carbonyl (C=O) groups is 1. The average molecular weight is 341 g/mol. The number of hydrogen-bond donors (Lipinski definition) is 2. The van der Waals surface area contributed by atoms with E-state index in [1.807, 2.05) is 6.92 Å². The van der Waals surface area contributed by atoms with Gasteiger partial charge in [-0.25, -0.2) is 9.78 Å². The summed E-state index contributed by atoms with van der Waals surface area (Å²) < 4.78 is 0.730. The summed E-state index contributed by atoms with van der Waals surface area (Å²) >= 11 is 9.04. The molecule has 19 heavy (non-hydrogen) atoms. The lowest BCUT2D eigenvalue weighted by Crippen LogP contribution is -2.20. The van der Waals surface area contributed by atoms with Crippen LogP contribution in [-0.4, -0.2) is 11.0 Å². The molecule has 0 aliphatic carbocycles.